The molecule has 0 saturated heterocycles. The van der Waals surface area contributed by atoms with Crippen LogP contribution in [0.4, 0.5) is 4.79 Å². The summed E-state index contributed by atoms with van der Waals surface area (Å²) in [5, 5.41) is 0.536. The Hall–Kier alpha value is -1.52. The third-order valence-electron chi connectivity index (χ3n) is 2.46. The van der Waals surface area contributed by atoms with Gasteiger partial charge in [0, 0.05) is 12.6 Å². The molecule has 1 aromatic rings. The lowest BCUT2D eigenvalue weighted by Gasteiger charge is -2.24. The van der Waals surface area contributed by atoms with E-state index in [1.54, 1.807) is 32.9 Å². The molecule has 1 amide bonds. The maximum Gasteiger partial charge on any atom is 0.424 e. The minimum atomic E-state index is -3.95. The topological polar surface area (TPSA) is 63.7 Å². The molecule has 5 nitrogen and oxygen atoms in total. The molecule has 0 bridgehead atoms. The van der Waals surface area contributed by atoms with Gasteiger partial charge in [-0.05, 0) is 45.0 Å². The van der Waals surface area contributed by atoms with E-state index >= 15 is 0 Å². The van der Waals surface area contributed by atoms with Gasteiger partial charge in [-0.25, -0.2) is 17.5 Å². The average Bonchev–Trinajstić information content (AvgIpc) is 2.42. The largest absolute Gasteiger partial charge is 0.443 e. The van der Waals surface area contributed by atoms with Crippen molar-refractivity contribution < 1.29 is 17.9 Å². The minimum absolute atomic E-state index is 0.00486. The molecule has 0 aromatic heterocycles. The SMILES string of the molecule is CN(C(=O)OC(C)(C)C)S(=O)(=O)c1ccc(C#CCBr)cc1. The predicted octanol–water partition coefficient (Wildman–Crippen LogP) is 2.99. The Balaban J connectivity index is 3.01. The quantitative estimate of drug-likeness (QED) is 0.577. The summed E-state index contributed by atoms with van der Waals surface area (Å²) < 4.78 is 30.4. The normalized spacial score (nSPS) is 11.3. The van der Waals surface area contributed by atoms with Gasteiger partial charge in [0.2, 0.25) is 0 Å². The number of halogens is 1. The van der Waals surface area contributed by atoms with Crippen molar-refractivity contribution in [3.63, 3.8) is 0 Å². The van der Waals surface area contributed by atoms with Gasteiger partial charge in [-0.15, -0.1) is 0 Å². The zero-order chi connectivity index (χ0) is 17.0. The second-order valence-corrected chi connectivity index (χ2v) is 7.94. The van der Waals surface area contributed by atoms with Crippen LogP contribution in [0.5, 0.6) is 0 Å². The van der Waals surface area contributed by atoms with Crippen molar-refractivity contribution in [3.8, 4) is 11.8 Å². The molecular weight excluding hydrogens is 370 g/mol. The highest BCUT2D eigenvalue weighted by atomic mass is 79.9. The van der Waals surface area contributed by atoms with Gasteiger partial charge in [0.1, 0.15) is 5.60 Å². The van der Waals surface area contributed by atoms with E-state index in [0.717, 1.165) is 0 Å². The lowest BCUT2D eigenvalue weighted by molar-refractivity contribution is 0.0420. The molecule has 0 aliphatic carbocycles. The van der Waals surface area contributed by atoms with E-state index < -0.39 is 21.7 Å². The molecule has 0 radical (unpaired) electrons. The van der Waals surface area contributed by atoms with Crippen molar-refractivity contribution in [3.05, 3.63) is 29.8 Å². The Morgan fingerprint density at radius 1 is 1.27 bits per heavy atom. The maximum absolute atomic E-state index is 12.4. The van der Waals surface area contributed by atoms with Gasteiger partial charge in [-0.3, -0.25) is 0 Å². The number of nitrogens with zero attached hydrogens (tertiary/aromatic N) is 1. The Kier molecular flexibility index (Phi) is 6.03. The Labute approximate surface area is 139 Å². The second kappa shape index (κ2) is 7.16. The average molecular weight is 388 g/mol. The van der Waals surface area contributed by atoms with Crippen molar-refractivity contribution >= 4 is 32.0 Å². The van der Waals surface area contributed by atoms with Crippen LogP contribution in [0, 0.1) is 11.8 Å². The highest BCUT2D eigenvalue weighted by Crippen LogP contribution is 2.18. The molecule has 7 heteroatoms. The first-order valence-electron chi connectivity index (χ1n) is 6.45. The summed E-state index contributed by atoms with van der Waals surface area (Å²) in [4.78, 5) is 11.9. The van der Waals surface area contributed by atoms with E-state index in [4.69, 9.17) is 4.74 Å². The number of carbonyl (C=O) groups is 1. The highest BCUT2D eigenvalue weighted by Gasteiger charge is 2.29. The lowest BCUT2D eigenvalue weighted by Crippen LogP contribution is -2.38. The first kappa shape index (κ1) is 18.5. The van der Waals surface area contributed by atoms with Crippen LogP contribution in [-0.4, -0.2) is 36.8 Å². The summed E-state index contributed by atoms with van der Waals surface area (Å²) in [6, 6.07) is 6.00. The molecule has 0 fully saturated rings. The van der Waals surface area contributed by atoms with E-state index in [1.165, 1.54) is 19.2 Å². The number of alkyl halides is 1. The summed E-state index contributed by atoms with van der Waals surface area (Å²) in [6.45, 7) is 5.01. The molecule has 22 heavy (non-hydrogen) atoms. The minimum Gasteiger partial charge on any atom is -0.443 e. The smallest absolute Gasteiger partial charge is 0.424 e. The maximum atomic E-state index is 12.4. The second-order valence-electron chi connectivity index (χ2n) is 5.41. The molecular formula is C15H18BrNO4S. The fourth-order valence-electron chi connectivity index (χ4n) is 1.43. The van der Waals surface area contributed by atoms with Gasteiger partial charge in [0.25, 0.3) is 10.0 Å². The van der Waals surface area contributed by atoms with E-state index in [-0.39, 0.29) is 4.90 Å². The van der Waals surface area contributed by atoms with Gasteiger partial charge in [-0.1, -0.05) is 27.8 Å². The predicted molar refractivity (Wildman–Crippen MR) is 88.3 cm³/mol. The molecule has 0 spiro atoms. The molecule has 1 aromatic carbocycles. The molecule has 1 rings (SSSR count). The first-order chi connectivity index (χ1) is 10.1. The number of ether oxygens (including phenoxy) is 1. The van der Waals surface area contributed by atoms with Gasteiger partial charge < -0.3 is 4.74 Å². The summed E-state index contributed by atoms with van der Waals surface area (Å²) in [5.74, 6) is 5.68. The Morgan fingerprint density at radius 2 is 1.82 bits per heavy atom. The number of amides is 1. The molecule has 0 unspecified atom stereocenters. The Morgan fingerprint density at radius 3 is 2.27 bits per heavy atom. The van der Waals surface area contributed by atoms with Crippen LogP contribution in [0.25, 0.3) is 0 Å². The van der Waals surface area contributed by atoms with Crippen LogP contribution in [0.3, 0.4) is 0 Å². The Bertz CT molecular complexity index is 694. The zero-order valence-electron chi connectivity index (χ0n) is 12.9. The van der Waals surface area contributed by atoms with Crippen molar-refractivity contribution in [2.24, 2.45) is 0 Å². The number of sulfonamides is 1. The zero-order valence-corrected chi connectivity index (χ0v) is 15.3. The molecule has 120 valence electrons. The van der Waals surface area contributed by atoms with Crippen molar-refractivity contribution in [1.29, 1.82) is 0 Å². The standard InChI is InChI=1S/C15H18BrNO4S/c1-15(2,3)21-14(18)17(4)22(19,20)13-9-7-12(8-10-13)6-5-11-16/h7-10H,11H2,1-4H3. The lowest BCUT2D eigenvalue weighted by atomic mass is 10.2. The van der Waals surface area contributed by atoms with E-state index in [9.17, 15) is 13.2 Å². The van der Waals surface area contributed by atoms with Crippen LogP contribution < -0.4 is 0 Å². The summed E-state index contributed by atoms with van der Waals surface area (Å²) in [5.41, 5.74) is -0.0750. The molecule has 0 heterocycles. The van der Waals surface area contributed by atoms with Crippen molar-refractivity contribution in [2.45, 2.75) is 31.3 Å². The van der Waals surface area contributed by atoms with Crippen LogP contribution in [-0.2, 0) is 14.8 Å². The van der Waals surface area contributed by atoms with Gasteiger partial charge in [0.05, 0.1) is 10.2 Å². The summed E-state index contributed by atoms with van der Waals surface area (Å²) in [7, 11) is -2.78. The van der Waals surface area contributed by atoms with Gasteiger partial charge >= 0.3 is 6.09 Å². The highest BCUT2D eigenvalue weighted by molar-refractivity contribution is 9.09. The fourth-order valence-corrected chi connectivity index (χ4v) is 2.60. The first-order valence-corrected chi connectivity index (χ1v) is 9.01. The molecule has 0 aliphatic heterocycles. The molecule has 0 aliphatic rings. The monoisotopic (exact) mass is 387 g/mol. The third kappa shape index (κ3) is 5.04. The van der Waals surface area contributed by atoms with Crippen LogP contribution in [0.1, 0.15) is 26.3 Å². The number of hydrogen-bond acceptors (Lipinski definition) is 4. The van der Waals surface area contributed by atoms with Crippen molar-refractivity contribution in [1.82, 2.24) is 4.31 Å². The van der Waals surface area contributed by atoms with E-state index in [2.05, 4.69) is 27.8 Å². The molecule has 0 saturated carbocycles. The molecule has 0 N–H and O–H groups in total. The fraction of sp³-hybridized carbons (Fsp3) is 0.400. The number of carbonyl (C=O) groups excluding carboxylic acids is 1. The van der Waals surface area contributed by atoms with Gasteiger partial charge in [0.15, 0.2) is 0 Å². The van der Waals surface area contributed by atoms with Crippen LogP contribution >= 0.6 is 15.9 Å². The summed E-state index contributed by atoms with van der Waals surface area (Å²) in [6.07, 6.45) is -0.921. The van der Waals surface area contributed by atoms with Crippen LogP contribution in [0.15, 0.2) is 29.2 Å². The van der Waals surface area contributed by atoms with Crippen LogP contribution in [0.2, 0.25) is 0 Å². The number of hydrogen-bond donors (Lipinski definition) is 0. The van der Waals surface area contributed by atoms with E-state index in [1.807, 2.05) is 0 Å². The summed E-state index contributed by atoms with van der Waals surface area (Å²) >= 11 is 3.18. The van der Waals surface area contributed by atoms with E-state index in [0.29, 0.717) is 15.2 Å². The van der Waals surface area contributed by atoms with Crippen molar-refractivity contribution in [2.75, 3.05) is 12.4 Å². The molecule has 0 atom stereocenters. The number of benzene rings is 1. The number of rotatable bonds is 2. The third-order valence-corrected chi connectivity index (χ3v) is 4.48. The van der Waals surface area contributed by atoms with Gasteiger partial charge in [-0.2, -0.15) is 0 Å².